The third kappa shape index (κ3) is 4.55. The molecular formula is C38H63NO7. The average Bonchev–Trinajstić information content (AvgIpc) is 3.62. The fourth-order valence-corrected chi connectivity index (χ4v) is 13.8. The zero-order valence-corrected chi connectivity index (χ0v) is 30.0. The fraction of sp³-hybridized carbons (Fsp3) is 0.974. The van der Waals surface area contributed by atoms with Crippen molar-refractivity contribution in [2.45, 2.75) is 143 Å². The van der Waals surface area contributed by atoms with E-state index in [1.807, 2.05) is 20.8 Å². The molecule has 5 aliphatic carbocycles. The van der Waals surface area contributed by atoms with E-state index in [0.29, 0.717) is 44.1 Å². The molecule has 8 nitrogen and oxygen atoms in total. The highest BCUT2D eigenvalue weighted by molar-refractivity contribution is 5.72. The van der Waals surface area contributed by atoms with Gasteiger partial charge in [0.05, 0.1) is 43.7 Å². The first-order valence-electron chi connectivity index (χ1n) is 18.7. The first kappa shape index (κ1) is 33.7. The van der Waals surface area contributed by atoms with Gasteiger partial charge >= 0.3 is 5.97 Å². The second-order valence-electron chi connectivity index (χ2n) is 18.5. The first-order chi connectivity index (χ1) is 21.6. The van der Waals surface area contributed by atoms with Crippen molar-refractivity contribution in [3.63, 3.8) is 0 Å². The standard InChI is InChI=1S/C38H63NO7/c1-9-44-32(34(5,6)42)24-20-23(2)29-30(45-24)31(41)36(8)26-11-10-25-33(3,4)27(46-28(40)21-39-16-18-43-19-17-39)12-13-37(25)22-38(26,37)15-14-35(29,36)7/h23-27,29-32,41-42H,9-22H2,1-8H3/t23-,24-,25+,26+,27+,29+,30+,31+,32+,35-,36-,37?,38+/m1/s1. The highest BCUT2D eigenvalue weighted by atomic mass is 16.6. The van der Waals surface area contributed by atoms with E-state index in [1.165, 1.54) is 12.8 Å². The number of aliphatic hydroxyl groups is 2. The van der Waals surface area contributed by atoms with Crippen LogP contribution in [0.2, 0.25) is 0 Å². The highest BCUT2D eigenvalue weighted by Gasteiger charge is 2.84. The van der Waals surface area contributed by atoms with Crippen molar-refractivity contribution in [3.8, 4) is 0 Å². The molecular weight excluding hydrogens is 582 g/mol. The highest BCUT2D eigenvalue weighted by Crippen LogP contribution is 2.89. The van der Waals surface area contributed by atoms with E-state index in [1.54, 1.807) is 0 Å². The van der Waals surface area contributed by atoms with Crippen LogP contribution in [0, 0.1) is 50.7 Å². The van der Waals surface area contributed by atoms with Gasteiger partial charge in [-0.05, 0) is 112 Å². The van der Waals surface area contributed by atoms with Gasteiger partial charge in [0.25, 0.3) is 0 Å². The van der Waals surface area contributed by atoms with Gasteiger partial charge in [-0.15, -0.1) is 0 Å². The second-order valence-corrected chi connectivity index (χ2v) is 18.5. The first-order valence-corrected chi connectivity index (χ1v) is 18.7. The summed E-state index contributed by atoms with van der Waals surface area (Å²) in [4.78, 5) is 15.3. The summed E-state index contributed by atoms with van der Waals surface area (Å²) < 4.78 is 24.8. The monoisotopic (exact) mass is 645 g/mol. The molecule has 7 fully saturated rings. The van der Waals surface area contributed by atoms with Crippen molar-refractivity contribution >= 4 is 5.97 Å². The van der Waals surface area contributed by atoms with Gasteiger partial charge in [-0.2, -0.15) is 0 Å². The molecule has 46 heavy (non-hydrogen) atoms. The minimum absolute atomic E-state index is 0.00834. The number of esters is 1. The van der Waals surface area contributed by atoms with Crippen molar-refractivity contribution in [1.82, 2.24) is 4.90 Å². The third-order valence-corrected chi connectivity index (χ3v) is 15.9. The van der Waals surface area contributed by atoms with Crippen LogP contribution in [0.5, 0.6) is 0 Å². The van der Waals surface area contributed by atoms with E-state index in [2.05, 4.69) is 39.5 Å². The summed E-state index contributed by atoms with van der Waals surface area (Å²) in [6.45, 7) is 21.5. The van der Waals surface area contributed by atoms with E-state index in [0.717, 1.165) is 51.6 Å². The van der Waals surface area contributed by atoms with Crippen LogP contribution in [-0.2, 0) is 23.7 Å². The van der Waals surface area contributed by atoms with Crippen LogP contribution in [0.15, 0.2) is 0 Å². The number of hydrogen-bond acceptors (Lipinski definition) is 8. The summed E-state index contributed by atoms with van der Waals surface area (Å²) in [5.41, 5.74) is -0.815. The predicted octanol–water partition coefficient (Wildman–Crippen LogP) is 5.22. The molecule has 2 saturated heterocycles. The van der Waals surface area contributed by atoms with Gasteiger partial charge in [-0.25, -0.2) is 0 Å². The maximum Gasteiger partial charge on any atom is 0.320 e. The Balaban J connectivity index is 1.12. The molecule has 2 heterocycles. The molecule has 7 rings (SSSR count). The summed E-state index contributed by atoms with van der Waals surface area (Å²) in [6, 6.07) is 0. The van der Waals surface area contributed by atoms with Crippen LogP contribution in [0.1, 0.15) is 107 Å². The molecule has 7 aliphatic rings. The summed E-state index contributed by atoms with van der Waals surface area (Å²) in [7, 11) is 0. The Morgan fingerprint density at radius 1 is 1.02 bits per heavy atom. The minimum atomic E-state index is -1.03. The van der Waals surface area contributed by atoms with E-state index in [4.69, 9.17) is 18.9 Å². The number of carbonyl (C=O) groups excluding carboxylic acids is 1. The van der Waals surface area contributed by atoms with Gasteiger partial charge in [-0.3, -0.25) is 9.69 Å². The number of aliphatic hydroxyl groups excluding tert-OH is 1. The summed E-state index contributed by atoms with van der Waals surface area (Å²) in [5, 5.41) is 23.6. The lowest BCUT2D eigenvalue weighted by Crippen LogP contribution is -2.60. The fourth-order valence-electron chi connectivity index (χ4n) is 13.8. The number of nitrogens with zero attached hydrogens (tertiary/aromatic N) is 1. The average molecular weight is 646 g/mol. The van der Waals surface area contributed by atoms with Crippen LogP contribution in [0.4, 0.5) is 0 Å². The van der Waals surface area contributed by atoms with Crippen molar-refractivity contribution < 1.29 is 34.0 Å². The van der Waals surface area contributed by atoms with E-state index in [-0.39, 0.29) is 57.3 Å². The van der Waals surface area contributed by atoms with Gasteiger partial charge in [-0.1, -0.05) is 34.6 Å². The molecule has 5 saturated carbocycles. The van der Waals surface area contributed by atoms with Crippen molar-refractivity contribution in [3.05, 3.63) is 0 Å². The van der Waals surface area contributed by atoms with Gasteiger partial charge in [0.15, 0.2) is 0 Å². The van der Waals surface area contributed by atoms with Gasteiger partial charge in [0, 0.05) is 30.5 Å². The Morgan fingerprint density at radius 2 is 1.70 bits per heavy atom. The van der Waals surface area contributed by atoms with Crippen LogP contribution in [-0.4, -0.2) is 96.7 Å². The molecule has 0 bridgehead atoms. The molecule has 8 heteroatoms. The summed E-state index contributed by atoms with van der Waals surface area (Å²) >= 11 is 0. The number of rotatable bonds is 7. The molecule has 0 amide bonds. The van der Waals surface area contributed by atoms with Crippen molar-refractivity contribution in [1.29, 1.82) is 0 Å². The van der Waals surface area contributed by atoms with Gasteiger partial charge < -0.3 is 29.2 Å². The van der Waals surface area contributed by atoms with Crippen molar-refractivity contribution in [2.75, 3.05) is 39.5 Å². The molecule has 2 spiro atoms. The number of fused-ring (bicyclic) bond motifs is 4. The van der Waals surface area contributed by atoms with Crippen molar-refractivity contribution in [2.24, 2.45) is 50.7 Å². The summed E-state index contributed by atoms with van der Waals surface area (Å²) in [5.74, 6) is 1.55. The lowest BCUT2D eigenvalue weighted by Gasteiger charge is -2.63. The van der Waals surface area contributed by atoms with Gasteiger partial charge in [0.2, 0.25) is 0 Å². The molecule has 0 aromatic rings. The molecule has 2 N–H and O–H groups in total. The Hall–Kier alpha value is -0.770. The van der Waals surface area contributed by atoms with E-state index in [9.17, 15) is 15.0 Å². The minimum Gasteiger partial charge on any atom is -0.461 e. The second kappa shape index (κ2) is 11.1. The molecule has 2 aliphatic heterocycles. The quantitative estimate of drug-likeness (QED) is 0.364. The zero-order chi connectivity index (χ0) is 33.1. The Bertz CT molecular complexity index is 1180. The Morgan fingerprint density at radius 3 is 2.37 bits per heavy atom. The predicted molar refractivity (Wildman–Crippen MR) is 175 cm³/mol. The topological polar surface area (TPSA) is 97.7 Å². The van der Waals surface area contributed by atoms with Gasteiger partial charge in [0.1, 0.15) is 12.2 Å². The lowest BCUT2D eigenvalue weighted by atomic mass is 9.41. The molecule has 0 aromatic carbocycles. The molecule has 0 radical (unpaired) electrons. The largest absolute Gasteiger partial charge is 0.461 e. The number of hydrogen-bond donors (Lipinski definition) is 2. The smallest absolute Gasteiger partial charge is 0.320 e. The number of morpholine rings is 1. The summed E-state index contributed by atoms with van der Waals surface area (Å²) in [6.07, 6.45) is 7.28. The maximum atomic E-state index is 13.1. The molecule has 13 atom stereocenters. The molecule has 0 aromatic heterocycles. The van der Waals surface area contributed by atoms with Crippen LogP contribution >= 0.6 is 0 Å². The third-order valence-electron chi connectivity index (χ3n) is 15.9. The lowest BCUT2D eigenvalue weighted by molar-refractivity contribution is -0.215. The van der Waals surface area contributed by atoms with Crippen LogP contribution in [0.25, 0.3) is 0 Å². The van der Waals surface area contributed by atoms with Crippen LogP contribution in [0.3, 0.4) is 0 Å². The maximum absolute atomic E-state index is 13.1. The zero-order valence-electron chi connectivity index (χ0n) is 30.0. The van der Waals surface area contributed by atoms with E-state index >= 15 is 0 Å². The van der Waals surface area contributed by atoms with E-state index < -0.39 is 17.8 Å². The number of ether oxygens (including phenoxy) is 4. The van der Waals surface area contributed by atoms with Crippen LogP contribution < -0.4 is 0 Å². The normalized spacial score (nSPS) is 50.3. The SMILES string of the molecule is CCO[C@@H]([C@H]1C[C@@H](C)[C@H]2[C@H](O1)[C@H](O)[C@@]1(C)[C@@H]3CC[C@H]4C(C)(C)[C@@H](OC(=O)CN5CCOCC5)CCC45C[C@@]35CC[C@]21C)C(C)(C)O. The molecule has 262 valence electrons. The Labute approximate surface area is 277 Å². The Kier molecular flexibility index (Phi) is 8.15. The molecule has 1 unspecified atom stereocenters. The number of carbonyl (C=O) groups is 1.